The molecule has 14 heavy (non-hydrogen) atoms. The summed E-state index contributed by atoms with van der Waals surface area (Å²) in [6, 6.07) is 7.67. The Kier molecular flexibility index (Phi) is 1.38. The minimum atomic E-state index is 0.568. The van der Waals surface area contributed by atoms with E-state index in [1.54, 1.807) is 10.9 Å². The molecule has 0 bridgehead atoms. The Morgan fingerprint density at radius 3 is 3.00 bits per heavy atom. The summed E-state index contributed by atoms with van der Waals surface area (Å²) in [4.78, 5) is 3.83. The van der Waals surface area contributed by atoms with Crippen LogP contribution in [0.1, 0.15) is 0 Å². The maximum absolute atomic E-state index is 5.14. The second-order valence-electron chi connectivity index (χ2n) is 2.83. The molecule has 5 heteroatoms. The zero-order valence-corrected chi connectivity index (χ0v) is 7.16. The number of fused-ring (bicyclic) bond motifs is 1. The number of rotatable bonds is 1. The van der Waals surface area contributed by atoms with Crippen LogP contribution in [0, 0.1) is 0 Å². The van der Waals surface area contributed by atoms with E-state index in [0.29, 0.717) is 5.88 Å². The van der Waals surface area contributed by atoms with Crippen LogP contribution in [0.5, 0.6) is 0 Å². The van der Waals surface area contributed by atoms with Gasteiger partial charge in [0.15, 0.2) is 6.39 Å². The molecule has 0 saturated carbocycles. The number of para-hydroxylation sites is 1. The molecule has 0 N–H and O–H groups in total. The van der Waals surface area contributed by atoms with Gasteiger partial charge in [0.1, 0.15) is 5.52 Å². The lowest BCUT2D eigenvalue weighted by atomic mass is 10.3. The minimum absolute atomic E-state index is 0.568. The van der Waals surface area contributed by atoms with Crippen molar-refractivity contribution >= 4 is 11.0 Å². The summed E-state index contributed by atoms with van der Waals surface area (Å²) in [5.41, 5.74) is 1.74. The second kappa shape index (κ2) is 2.66. The summed E-state index contributed by atoms with van der Waals surface area (Å²) in [5.74, 6) is 0.568. The van der Waals surface area contributed by atoms with Gasteiger partial charge in [-0.15, -0.1) is 5.10 Å². The van der Waals surface area contributed by atoms with Crippen LogP contribution in [0.2, 0.25) is 0 Å². The van der Waals surface area contributed by atoms with Crippen LogP contribution in [0.15, 0.2) is 41.3 Å². The summed E-state index contributed by atoms with van der Waals surface area (Å²) in [7, 11) is 0. The second-order valence-corrected chi connectivity index (χ2v) is 2.83. The molecular formula is C9H6N4O. The van der Waals surface area contributed by atoms with E-state index in [1.165, 1.54) is 6.39 Å². The Labute approximate surface area is 79.0 Å². The Morgan fingerprint density at radius 2 is 2.14 bits per heavy atom. The molecule has 0 aliphatic heterocycles. The average Bonchev–Trinajstić information content (AvgIpc) is 2.85. The van der Waals surface area contributed by atoms with Crippen molar-refractivity contribution in [1.82, 2.24) is 20.0 Å². The van der Waals surface area contributed by atoms with Crippen molar-refractivity contribution in [3.63, 3.8) is 0 Å². The van der Waals surface area contributed by atoms with Gasteiger partial charge >= 0.3 is 0 Å². The Morgan fingerprint density at radius 1 is 1.21 bits per heavy atom. The monoisotopic (exact) mass is 186 g/mol. The molecule has 0 unspecified atom stereocenters. The highest BCUT2D eigenvalue weighted by Crippen LogP contribution is 2.14. The molecule has 1 aromatic carbocycles. The highest BCUT2D eigenvalue weighted by atomic mass is 16.4. The molecule has 0 fully saturated rings. The van der Waals surface area contributed by atoms with Crippen LogP contribution in [0.3, 0.4) is 0 Å². The zero-order chi connectivity index (χ0) is 9.38. The molecule has 68 valence electrons. The molecule has 0 atom stereocenters. The fourth-order valence-electron chi connectivity index (χ4n) is 1.35. The Hall–Kier alpha value is -2.17. The van der Waals surface area contributed by atoms with E-state index in [9.17, 15) is 0 Å². The lowest BCUT2D eigenvalue weighted by molar-refractivity contribution is 0.516. The smallest absolute Gasteiger partial charge is 0.242 e. The Balaban J connectivity index is 2.33. The van der Waals surface area contributed by atoms with E-state index >= 15 is 0 Å². The molecule has 2 aromatic heterocycles. The van der Waals surface area contributed by atoms with Gasteiger partial charge in [0.25, 0.3) is 0 Å². The predicted molar refractivity (Wildman–Crippen MR) is 48.9 cm³/mol. The van der Waals surface area contributed by atoms with Gasteiger partial charge < -0.3 is 4.42 Å². The third-order valence-corrected chi connectivity index (χ3v) is 1.98. The topological polar surface area (TPSA) is 56.7 Å². The SMILES string of the molecule is c1ccc2c(c1)nnn2-c1cnco1. The number of hydrogen-bond acceptors (Lipinski definition) is 4. The molecule has 0 aliphatic rings. The summed E-state index contributed by atoms with van der Waals surface area (Å²) >= 11 is 0. The van der Waals surface area contributed by atoms with Gasteiger partial charge in [-0.25, -0.2) is 4.98 Å². The summed E-state index contributed by atoms with van der Waals surface area (Å²) in [5, 5.41) is 7.97. The molecule has 0 spiro atoms. The van der Waals surface area contributed by atoms with Gasteiger partial charge in [-0.1, -0.05) is 17.3 Å². The maximum atomic E-state index is 5.14. The van der Waals surface area contributed by atoms with Crippen molar-refractivity contribution in [2.24, 2.45) is 0 Å². The number of nitrogens with zero attached hydrogens (tertiary/aromatic N) is 4. The fraction of sp³-hybridized carbons (Fsp3) is 0. The van der Waals surface area contributed by atoms with Gasteiger partial charge in [0.2, 0.25) is 5.88 Å². The van der Waals surface area contributed by atoms with E-state index in [4.69, 9.17) is 4.42 Å². The van der Waals surface area contributed by atoms with Crippen LogP contribution in [-0.4, -0.2) is 20.0 Å². The average molecular weight is 186 g/mol. The van der Waals surface area contributed by atoms with Crippen molar-refractivity contribution in [2.45, 2.75) is 0 Å². The molecule has 0 radical (unpaired) electrons. The first kappa shape index (κ1) is 7.25. The molecule has 5 nitrogen and oxygen atoms in total. The summed E-state index contributed by atoms with van der Waals surface area (Å²) in [6.07, 6.45) is 2.97. The molecule has 3 rings (SSSR count). The molecule has 0 aliphatic carbocycles. The van der Waals surface area contributed by atoms with E-state index in [0.717, 1.165) is 11.0 Å². The molecule has 0 saturated heterocycles. The highest BCUT2D eigenvalue weighted by molar-refractivity contribution is 5.75. The number of benzene rings is 1. The Bertz CT molecular complexity index is 555. The quantitative estimate of drug-likeness (QED) is 0.576. The number of oxazole rings is 1. The van der Waals surface area contributed by atoms with E-state index < -0.39 is 0 Å². The van der Waals surface area contributed by atoms with Gasteiger partial charge in [0, 0.05) is 0 Å². The van der Waals surface area contributed by atoms with Gasteiger partial charge in [0.05, 0.1) is 11.7 Å². The maximum Gasteiger partial charge on any atom is 0.242 e. The lowest BCUT2D eigenvalue weighted by Crippen LogP contribution is -1.93. The van der Waals surface area contributed by atoms with Crippen LogP contribution in [-0.2, 0) is 0 Å². The molecular weight excluding hydrogens is 180 g/mol. The third-order valence-electron chi connectivity index (χ3n) is 1.98. The predicted octanol–water partition coefficient (Wildman–Crippen LogP) is 1.41. The zero-order valence-electron chi connectivity index (χ0n) is 7.16. The van der Waals surface area contributed by atoms with Gasteiger partial charge in [-0.2, -0.15) is 4.68 Å². The number of hydrogen-bond donors (Lipinski definition) is 0. The molecule has 2 heterocycles. The fourth-order valence-corrected chi connectivity index (χ4v) is 1.35. The molecule has 0 amide bonds. The van der Waals surface area contributed by atoms with E-state index in [1.807, 2.05) is 24.3 Å². The molecule has 3 aromatic rings. The van der Waals surface area contributed by atoms with Crippen molar-refractivity contribution in [2.75, 3.05) is 0 Å². The van der Waals surface area contributed by atoms with Crippen LogP contribution >= 0.6 is 0 Å². The first-order valence-corrected chi connectivity index (χ1v) is 4.14. The number of aromatic nitrogens is 4. The first-order valence-electron chi connectivity index (χ1n) is 4.14. The van der Waals surface area contributed by atoms with Crippen LogP contribution in [0.4, 0.5) is 0 Å². The van der Waals surface area contributed by atoms with Crippen LogP contribution < -0.4 is 0 Å². The summed E-state index contributed by atoms with van der Waals surface area (Å²) < 4.78 is 6.75. The third kappa shape index (κ3) is 0.922. The highest BCUT2D eigenvalue weighted by Gasteiger charge is 2.07. The van der Waals surface area contributed by atoms with Crippen LogP contribution in [0.25, 0.3) is 16.9 Å². The van der Waals surface area contributed by atoms with Crippen molar-refractivity contribution in [3.8, 4) is 5.88 Å². The lowest BCUT2D eigenvalue weighted by Gasteiger charge is -1.93. The van der Waals surface area contributed by atoms with Crippen molar-refractivity contribution < 1.29 is 4.42 Å². The summed E-state index contributed by atoms with van der Waals surface area (Å²) in [6.45, 7) is 0. The van der Waals surface area contributed by atoms with E-state index in [2.05, 4.69) is 15.3 Å². The van der Waals surface area contributed by atoms with Gasteiger partial charge in [-0.3, -0.25) is 0 Å². The van der Waals surface area contributed by atoms with Crippen molar-refractivity contribution in [3.05, 3.63) is 36.9 Å². The largest absolute Gasteiger partial charge is 0.426 e. The normalized spacial score (nSPS) is 10.9. The standard InChI is InChI=1S/C9H6N4O/c1-2-4-8-7(3-1)11-12-13(8)9-5-10-6-14-9/h1-6H. The first-order chi connectivity index (χ1) is 6.95. The van der Waals surface area contributed by atoms with Crippen molar-refractivity contribution in [1.29, 1.82) is 0 Å². The van der Waals surface area contributed by atoms with E-state index in [-0.39, 0.29) is 0 Å². The van der Waals surface area contributed by atoms with Gasteiger partial charge in [-0.05, 0) is 12.1 Å². The minimum Gasteiger partial charge on any atom is -0.426 e.